The molecule has 5 nitrogen and oxygen atoms in total. The number of nitro benzene ring substituents is 1. The molecular weight excluding hydrogens is 274 g/mol. The molecule has 112 valence electrons. The molecule has 0 aromatic heterocycles. The van der Waals surface area contributed by atoms with Gasteiger partial charge in [0.05, 0.1) is 4.92 Å². The van der Waals surface area contributed by atoms with Crippen molar-refractivity contribution in [3.63, 3.8) is 0 Å². The lowest BCUT2D eigenvalue weighted by molar-refractivity contribution is -0.384. The van der Waals surface area contributed by atoms with Gasteiger partial charge in [0, 0.05) is 31.5 Å². The summed E-state index contributed by atoms with van der Waals surface area (Å²) in [7, 11) is 2.07. The standard InChI is InChI=1S/C14H23N3O2S/c1-4-7-15-13-10-12(5-6-14(13)17(18)19)11-16(2)8-9-20-3/h5-6,10,15H,4,7-9,11H2,1-3H3. The fourth-order valence-electron chi connectivity index (χ4n) is 1.88. The van der Waals surface area contributed by atoms with Crippen LogP contribution in [-0.2, 0) is 6.54 Å². The molecule has 1 aromatic rings. The van der Waals surface area contributed by atoms with E-state index in [0.717, 1.165) is 37.4 Å². The topological polar surface area (TPSA) is 58.4 Å². The molecule has 0 fully saturated rings. The fourth-order valence-corrected chi connectivity index (χ4v) is 2.37. The third kappa shape index (κ3) is 5.38. The highest BCUT2D eigenvalue weighted by molar-refractivity contribution is 7.98. The predicted molar refractivity (Wildman–Crippen MR) is 86.6 cm³/mol. The number of nitro groups is 1. The number of hydrogen-bond donors (Lipinski definition) is 1. The summed E-state index contributed by atoms with van der Waals surface area (Å²) in [4.78, 5) is 12.9. The maximum atomic E-state index is 11.0. The summed E-state index contributed by atoms with van der Waals surface area (Å²) in [5, 5.41) is 14.1. The van der Waals surface area contributed by atoms with Crippen molar-refractivity contribution in [2.75, 3.05) is 37.5 Å². The lowest BCUT2D eigenvalue weighted by atomic mass is 10.1. The maximum Gasteiger partial charge on any atom is 0.292 e. The molecule has 6 heteroatoms. The van der Waals surface area contributed by atoms with Gasteiger partial charge in [-0.05, 0) is 31.4 Å². The van der Waals surface area contributed by atoms with E-state index in [0.29, 0.717) is 5.69 Å². The van der Waals surface area contributed by atoms with Crippen molar-refractivity contribution >= 4 is 23.1 Å². The van der Waals surface area contributed by atoms with Gasteiger partial charge in [0.25, 0.3) is 5.69 Å². The van der Waals surface area contributed by atoms with Crippen LogP contribution in [0.2, 0.25) is 0 Å². The highest BCUT2D eigenvalue weighted by Crippen LogP contribution is 2.26. The van der Waals surface area contributed by atoms with Crippen LogP contribution in [0.25, 0.3) is 0 Å². The zero-order chi connectivity index (χ0) is 15.0. The minimum atomic E-state index is -0.334. The minimum absolute atomic E-state index is 0.147. The first-order valence-corrected chi connectivity index (χ1v) is 8.16. The van der Waals surface area contributed by atoms with E-state index >= 15 is 0 Å². The minimum Gasteiger partial charge on any atom is -0.379 e. The number of nitrogens with one attached hydrogen (secondary N) is 1. The summed E-state index contributed by atoms with van der Waals surface area (Å²) >= 11 is 1.82. The lowest BCUT2D eigenvalue weighted by Gasteiger charge is -2.16. The van der Waals surface area contributed by atoms with Crippen LogP contribution in [0, 0.1) is 10.1 Å². The monoisotopic (exact) mass is 297 g/mol. The van der Waals surface area contributed by atoms with E-state index in [-0.39, 0.29) is 10.6 Å². The Bertz CT molecular complexity index is 440. The van der Waals surface area contributed by atoms with E-state index in [1.165, 1.54) is 0 Å². The fraction of sp³-hybridized carbons (Fsp3) is 0.571. The maximum absolute atomic E-state index is 11.0. The Morgan fingerprint density at radius 1 is 1.45 bits per heavy atom. The van der Waals surface area contributed by atoms with E-state index in [4.69, 9.17) is 0 Å². The van der Waals surface area contributed by atoms with Crippen molar-refractivity contribution in [1.82, 2.24) is 4.90 Å². The van der Waals surface area contributed by atoms with Crippen molar-refractivity contribution in [1.29, 1.82) is 0 Å². The van der Waals surface area contributed by atoms with Crippen LogP contribution in [0.5, 0.6) is 0 Å². The van der Waals surface area contributed by atoms with Crippen LogP contribution in [0.15, 0.2) is 18.2 Å². The molecule has 0 saturated carbocycles. The molecule has 0 heterocycles. The second-order valence-corrected chi connectivity index (χ2v) is 5.75. The smallest absolute Gasteiger partial charge is 0.292 e. The predicted octanol–water partition coefficient (Wildman–Crippen LogP) is 3.21. The molecule has 0 unspecified atom stereocenters. The normalized spacial score (nSPS) is 10.8. The van der Waals surface area contributed by atoms with E-state index in [1.54, 1.807) is 6.07 Å². The van der Waals surface area contributed by atoms with Gasteiger partial charge in [-0.2, -0.15) is 11.8 Å². The van der Waals surface area contributed by atoms with Crippen LogP contribution < -0.4 is 5.32 Å². The van der Waals surface area contributed by atoms with Crippen LogP contribution in [0.3, 0.4) is 0 Å². The molecule has 0 saturated heterocycles. The van der Waals surface area contributed by atoms with Gasteiger partial charge in [-0.1, -0.05) is 13.0 Å². The number of nitrogens with zero attached hydrogens (tertiary/aromatic N) is 2. The Morgan fingerprint density at radius 3 is 2.80 bits per heavy atom. The quantitative estimate of drug-likeness (QED) is 0.560. The number of hydrogen-bond acceptors (Lipinski definition) is 5. The molecule has 0 radical (unpaired) electrons. The molecule has 1 aromatic carbocycles. The SMILES string of the molecule is CCCNc1cc(CN(C)CCSC)ccc1[N+](=O)[O-]. The highest BCUT2D eigenvalue weighted by Gasteiger charge is 2.14. The molecule has 0 bridgehead atoms. The average Bonchev–Trinajstić information content (AvgIpc) is 2.42. The molecule has 0 aliphatic heterocycles. The number of thioether (sulfide) groups is 1. The molecule has 20 heavy (non-hydrogen) atoms. The lowest BCUT2D eigenvalue weighted by Crippen LogP contribution is -2.20. The molecule has 0 aliphatic carbocycles. The van der Waals surface area contributed by atoms with Crippen LogP contribution in [-0.4, -0.2) is 42.0 Å². The van der Waals surface area contributed by atoms with Gasteiger partial charge in [-0.25, -0.2) is 0 Å². The van der Waals surface area contributed by atoms with E-state index < -0.39 is 0 Å². The van der Waals surface area contributed by atoms with Gasteiger partial charge in [0.1, 0.15) is 5.69 Å². The molecule has 1 rings (SSSR count). The van der Waals surface area contributed by atoms with Crippen LogP contribution in [0.1, 0.15) is 18.9 Å². The molecule has 0 spiro atoms. The second-order valence-electron chi connectivity index (χ2n) is 4.77. The van der Waals surface area contributed by atoms with Gasteiger partial charge < -0.3 is 10.2 Å². The van der Waals surface area contributed by atoms with Crippen molar-refractivity contribution in [2.45, 2.75) is 19.9 Å². The van der Waals surface area contributed by atoms with Crippen LogP contribution in [0.4, 0.5) is 11.4 Å². The Hall–Kier alpha value is -1.27. The Kier molecular flexibility index (Phi) is 7.40. The first kappa shape index (κ1) is 16.8. The summed E-state index contributed by atoms with van der Waals surface area (Å²) in [6.45, 7) is 4.60. The first-order valence-electron chi connectivity index (χ1n) is 6.77. The van der Waals surface area contributed by atoms with E-state index in [9.17, 15) is 10.1 Å². The molecule has 0 aliphatic rings. The third-order valence-corrected chi connectivity index (χ3v) is 3.54. The largest absolute Gasteiger partial charge is 0.379 e. The summed E-state index contributed by atoms with van der Waals surface area (Å²) < 4.78 is 0. The van der Waals surface area contributed by atoms with Crippen molar-refractivity contribution in [2.24, 2.45) is 0 Å². The van der Waals surface area contributed by atoms with Crippen molar-refractivity contribution in [3.8, 4) is 0 Å². The molecule has 0 atom stereocenters. The van der Waals surface area contributed by atoms with Crippen LogP contribution >= 0.6 is 11.8 Å². The highest BCUT2D eigenvalue weighted by atomic mass is 32.2. The second kappa shape index (κ2) is 8.81. The Balaban J connectivity index is 2.80. The van der Waals surface area contributed by atoms with Crippen molar-refractivity contribution in [3.05, 3.63) is 33.9 Å². The van der Waals surface area contributed by atoms with Gasteiger partial charge in [-0.3, -0.25) is 10.1 Å². The van der Waals surface area contributed by atoms with Crippen molar-refractivity contribution < 1.29 is 4.92 Å². The Morgan fingerprint density at radius 2 is 2.20 bits per heavy atom. The number of anilines is 1. The van der Waals surface area contributed by atoms with Gasteiger partial charge in [-0.15, -0.1) is 0 Å². The summed E-state index contributed by atoms with van der Waals surface area (Å²) in [5.41, 5.74) is 1.86. The zero-order valence-corrected chi connectivity index (χ0v) is 13.2. The van der Waals surface area contributed by atoms with E-state index in [1.807, 2.05) is 30.8 Å². The zero-order valence-electron chi connectivity index (χ0n) is 12.4. The summed E-state index contributed by atoms with van der Waals surface area (Å²) in [5.74, 6) is 1.09. The molecular formula is C14H23N3O2S. The number of rotatable bonds is 9. The Labute approximate surface area is 124 Å². The average molecular weight is 297 g/mol. The third-order valence-electron chi connectivity index (χ3n) is 2.95. The molecule has 0 amide bonds. The van der Waals surface area contributed by atoms with Gasteiger partial charge in [0.2, 0.25) is 0 Å². The van der Waals surface area contributed by atoms with E-state index in [2.05, 4.69) is 23.5 Å². The first-order chi connectivity index (χ1) is 9.58. The summed E-state index contributed by atoms with van der Waals surface area (Å²) in [6, 6.07) is 5.32. The van der Waals surface area contributed by atoms with Gasteiger partial charge in [0.15, 0.2) is 0 Å². The van der Waals surface area contributed by atoms with Gasteiger partial charge >= 0.3 is 0 Å². The number of benzene rings is 1. The summed E-state index contributed by atoms with van der Waals surface area (Å²) in [6.07, 6.45) is 3.03. The molecule has 1 N–H and O–H groups in total.